The largest absolute Gasteiger partial charge is 0.497 e. The van der Waals surface area contributed by atoms with Crippen LogP contribution in [0.25, 0.3) is 11.2 Å². The molecule has 1 aromatic carbocycles. The second-order valence-electron chi connectivity index (χ2n) is 7.47. The summed E-state index contributed by atoms with van der Waals surface area (Å²) in [6.07, 6.45) is 0. The van der Waals surface area contributed by atoms with Gasteiger partial charge in [-0.2, -0.15) is 4.98 Å². The number of carbonyl (C=O) groups excluding carboxylic acids is 1. The molecule has 1 N–H and O–H groups in total. The Morgan fingerprint density at radius 1 is 1.13 bits per heavy atom. The standard InChI is InChI=1S/C22H27N5O4/c1-5-30-21-19(23-18-12-15(3)31-20(18)25-21)24-22(28)27-8-6-26(7-9-27)16-10-14(2)11-17(13-16)29-4/h10-13H,5-9H2,1-4H3,(H,23,24,28). The molecule has 0 unspecified atom stereocenters. The van der Waals surface area contributed by atoms with Gasteiger partial charge in [0, 0.05) is 44.0 Å². The molecule has 1 saturated heterocycles. The Hall–Kier alpha value is -3.49. The lowest BCUT2D eigenvalue weighted by molar-refractivity contribution is 0.208. The van der Waals surface area contributed by atoms with Crippen LogP contribution in [0.2, 0.25) is 0 Å². The van der Waals surface area contributed by atoms with E-state index in [2.05, 4.69) is 26.3 Å². The minimum atomic E-state index is -0.226. The molecule has 0 atom stereocenters. The molecule has 0 spiro atoms. The molecule has 4 rings (SSSR count). The number of nitrogens with zero attached hydrogens (tertiary/aromatic N) is 4. The molecule has 2 amide bonds. The van der Waals surface area contributed by atoms with E-state index < -0.39 is 0 Å². The first-order valence-corrected chi connectivity index (χ1v) is 10.3. The fourth-order valence-electron chi connectivity index (χ4n) is 3.66. The third-order valence-corrected chi connectivity index (χ3v) is 5.16. The fraction of sp³-hybridized carbons (Fsp3) is 0.409. The van der Waals surface area contributed by atoms with Gasteiger partial charge < -0.3 is 23.7 Å². The summed E-state index contributed by atoms with van der Waals surface area (Å²) < 4.78 is 16.5. The number of nitrogens with one attached hydrogen (secondary N) is 1. The zero-order valence-electron chi connectivity index (χ0n) is 18.3. The first kappa shape index (κ1) is 20.8. The monoisotopic (exact) mass is 425 g/mol. The number of rotatable bonds is 5. The molecule has 3 heterocycles. The maximum absolute atomic E-state index is 12.9. The van der Waals surface area contributed by atoms with E-state index in [0.29, 0.717) is 42.5 Å². The summed E-state index contributed by atoms with van der Waals surface area (Å²) in [6, 6.07) is 7.71. The van der Waals surface area contributed by atoms with Gasteiger partial charge >= 0.3 is 6.03 Å². The third kappa shape index (κ3) is 4.50. The Labute approximate surface area is 181 Å². The first-order chi connectivity index (χ1) is 15.0. The molecule has 164 valence electrons. The van der Waals surface area contributed by atoms with Crippen molar-refractivity contribution in [2.24, 2.45) is 0 Å². The summed E-state index contributed by atoms with van der Waals surface area (Å²) in [6.45, 7) is 8.76. The van der Waals surface area contributed by atoms with Crippen LogP contribution in [0.3, 0.4) is 0 Å². The zero-order valence-corrected chi connectivity index (χ0v) is 18.3. The number of fused-ring (bicyclic) bond motifs is 1. The molecule has 2 aromatic heterocycles. The van der Waals surface area contributed by atoms with Crippen molar-refractivity contribution in [2.45, 2.75) is 20.8 Å². The Morgan fingerprint density at radius 3 is 2.61 bits per heavy atom. The van der Waals surface area contributed by atoms with Crippen molar-refractivity contribution in [1.29, 1.82) is 0 Å². The van der Waals surface area contributed by atoms with Gasteiger partial charge in [-0.3, -0.25) is 5.32 Å². The molecular weight excluding hydrogens is 398 g/mol. The smallest absolute Gasteiger partial charge is 0.323 e. The van der Waals surface area contributed by atoms with Gasteiger partial charge in [-0.25, -0.2) is 9.78 Å². The summed E-state index contributed by atoms with van der Waals surface area (Å²) in [5.74, 6) is 2.08. The Morgan fingerprint density at radius 2 is 1.90 bits per heavy atom. The highest BCUT2D eigenvalue weighted by molar-refractivity contribution is 5.91. The number of piperazine rings is 1. The van der Waals surface area contributed by atoms with Crippen LogP contribution < -0.4 is 19.7 Å². The topological polar surface area (TPSA) is 93.0 Å². The van der Waals surface area contributed by atoms with Crippen molar-refractivity contribution in [3.8, 4) is 11.6 Å². The lowest BCUT2D eigenvalue weighted by atomic mass is 10.1. The summed E-state index contributed by atoms with van der Waals surface area (Å²) in [5, 5.41) is 2.86. The number of aryl methyl sites for hydroxylation is 2. The number of anilines is 2. The second-order valence-corrected chi connectivity index (χ2v) is 7.47. The molecule has 0 saturated carbocycles. The number of hydrogen-bond donors (Lipinski definition) is 1. The lowest BCUT2D eigenvalue weighted by Gasteiger charge is -2.36. The molecule has 1 aliphatic heterocycles. The predicted octanol–water partition coefficient (Wildman–Crippen LogP) is 3.60. The van der Waals surface area contributed by atoms with E-state index >= 15 is 0 Å². The highest BCUT2D eigenvalue weighted by atomic mass is 16.5. The summed E-state index contributed by atoms with van der Waals surface area (Å²) in [7, 11) is 1.67. The van der Waals surface area contributed by atoms with Gasteiger partial charge in [0.1, 0.15) is 17.0 Å². The average Bonchev–Trinajstić information content (AvgIpc) is 3.12. The molecule has 1 fully saturated rings. The van der Waals surface area contributed by atoms with Gasteiger partial charge in [-0.15, -0.1) is 0 Å². The predicted molar refractivity (Wildman–Crippen MR) is 118 cm³/mol. The molecule has 0 radical (unpaired) electrons. The van der Waals surface area contributed by atoms with Crippen LogP contribution in [-0.2, 0) is 0 Å². The minimum absolute atomic E-state index is 0.226. The van der Waals surface area contributed by atoms with E-state index in [1.807, 2.05) is 32.9 Å². The molecule has 0 bridgehead atoms. The number of methoxy groups -OCH3 is 1. The van der Waals surface area contributed by atoms with Gasteiger partial charge in [0.15, 0.2) is 5.82 Å². The highest BCUT2D eigenvalue weighted by Crippen LogP contribution is 2.27. The van der Waals surface area contributed by atoms with Gasteiger partial charge in [0.25, 0.3) is 5.88 Å². The summed E-state index contributed by atoms with van der Waals surface area (Å²) in [5.41, 5.74) is 3.21. The fourth-order valence-corrected chi connectivity index (χ4v) is 3.66. The number of amides is 2. The average molecular weight is 425 g/mol. The molecular formula is C22H27N5O4. The van der Waals surface area contributed by atoms with Gasteiger partial charge in [-0.1, -0.05) is 0 Å². The van der Waals surface area contributed by atoms with Crippen molar-refractivity contribution in [3.63, 3.8) is 0 Å². The maximum atomic E-state index is 12.9. The van der Waals surface area contributed by atoms with Crippen LogP contribution in [0, 0.1) is 13.8 Å². The van der Waals surface area contributed by atoms with Crippen molar-refractivity contribution >= 4 is 28.8 Å². The van der Waals surface area contributed by atoms with Crippen LogP contribution in [0.1, 0.15) is 18.2 Å². The van der Waals surface area contributed by atoms with E-state index in [1.54, 1.807) is 18.1 Å². The summed E-state index contributed by atoms with van der Waals surface area (Å²) in [4.78, 5) is 25.7. The van der Waals surface area contributed by atoms with Crippen LogP contribution >= 0.6 is 0 Å². The van der Waals surface area contributed by atoms with Gasteiger partial charge in [0.05, 0.1) is 13.7 Å². The van der Waals surface area contributed by atoms with Crippen LogP contribution in [0.15, 0.2) is 28.7 Å². The molecule has 31 heavy (non-hydrogen) atoms. The van der Waals surface area contributed by atoms with E-state index in [0.717, 1.165) is 30.1 Å². The van der Waals surface area contributed by atoms with E-state index in [1.165, 1.54) is 0 Å². The quantitative estimate of drug-likeness (QED) is 0.668. The van der Waals surface area contributed by atoms with Crippen molar-refractivity contribution in [2.75, 3.05) is 50.1 Å². The van der Waals surface area contributed by atoms with Gasteiger partial charge in [-0.05, 0) is 38.5 Å². The van der Waals surface area contributed by atoms with Crippen LogP contribution in [0.4, 0.5) is 16.3 Å². The number of urea groups is 1. The highest BCUT2D eigenvalue weighted by Gasteiger charge is 2.24. The number of aromatic nitrogens is 2. The molecule has 9 nitrogen and oxygen atoms in total. The van der Waals surface area contributed by atoms with Crippen LogP contribution in [-0.4, -0.2) is 60.8 Å². The molecule has 3 aromatic rings. The maximum Gasteiger partial charge on any atom is 0.323 e. The van der Waals surface area contributed by atoms with Crippen LogP contribution in [0.5, 0.6) is 11.6 Å². The summed E-state index contributed by atoms with van der Waals surface area (Å²) >= 11 is 0. The third-order valence-electron chi connectivity index (χ3n) is 5.16. The number of ether oxygens (including phenoxy) is 2. The number of carbonyl (C=O) groups is 1. The number of benzene rings is 1. The lowest BCUT2D eigenvalue weighted by Crippen LogP contribution is -2.50. The number of furan rings is 1. The van der Waals surface area contributed by atoms with Gasteiger partial charge in [0.2, 0.25) is 5.71 Å². The van der Waals surface area contributed by atoms with Crippen molar-refractivity contribution in [3.05, 3.63) is 35.6 Å². The van der Waals surface area contributed by atoms with Crippen molar-refractivity contribution < 1.29 is 18.7 Å². The Kier molecular flexibility index (Phi) is 5.83. The van der Waals surface area contributed by atoms with E-state index in [-0.39, 0.29) is 11.9 Å². The molecule has 0 aliphatic carbocycles. The van der Waals surface area contributed by atoms with Crippen molar-refractivity contribution in [1.82, 2.24) is 14.9 Å². The number of hydrogen-bond acceptors (Lipinski definition) is 7. The zero-order chi connectivity index (χ0) is 22.0. The van der Waals surface area contributed by atoms with E-state index in [4.69, 9.17) is 13.9 Å². The Balaban J connectivity index is 1.44. The minimum Gasteiger partial charge on any atom is -0.497 e. The first-order valence-electron chi connectivity index (χ1n) is 10.3. The SMILES string of the molecule is CCOc1nc2oc(C)cc2nc1NC(=O)N1CCN(c2cc(C)cc(OC)c2)CC1. The molecule has 9 heteroatoms. The second kappa shape index (κ2) is 8.71. The molecule has 1 aliphatic rings. The van der Waals surface area contributed by atoms with E-state index in [9.17, 15) is 4.79 Å². The Bertz CT molecular complexity index is 1090. The normalized spacial score (nSPS) is 14.1.